The van der Waals surface area contributed by atoms with Crippen LogP contribution in [0.5, 0.6) is 0 Å². The first-order valence-corrected chi connectivity index (χ1v) is 13.9. The average molecular weight is 529 g/mol. The van der Waals surface area contributed by atoms with E-state index in [1.54, 1.807) is 19.9 Å². The van der Waals surface area contributed by atoms with Crippen LogP contribution < -0.4 is 0 Å². The molecule has 0 amide bonds. The molecule has 9 aliphatic rings. The van der Waals surface area contributed by atoms with E-state index in [4.69, 9.17) is 18.9 Å². The second-order valence-corrected chi connectivity index (χ2v) is 14.3. The first-order chi connectivity index (χ1) is 17.7. The number of hydrogen-bond acceptors (Lipinski definition) is 10. The topological polar surface area (TPSA) is 149 Å². The Labute approximate surface area is 218 Å². The van der Waals surface area contributed by atoms with Gasteiger partial charge in [0, 0.05) is 17.8 Å². The third kappa shape index (κ3) is 1.66. The molecular weight excluding hydrogens is 496 g/mol. The third-order valence-electron chi connectivity index (χ3n) is 13.6. The molecule has 6 bridgehead atoms. The molecule has 4 saturated carbocycles. The molecule has 10 nitrogen and oxygen atoms in total. The molecule has 10 heteroatoms. The Kier molecular flexibility index (Phi) is 3.41. The lowest BCUT2D eigenvalue weighted by Gasteiger charge is -2.67. The smallest absolute Gasteiger partial charge is 0.342 e. The van der Waals surface area contributed by atoms with Crippen molar-refractivity contribution in [2.75, 3.05) is 6.61 Å². The Morgan fingerprint density at radius 1 is 1.03 bits per heavy atom. The van der Waals surface area contributed by atoms with E-state index in [0.717, 1.165) is 0 Å². The molecule has 38 heavy (non-hydrogen) atoms. The summed E-state index contributed by atoms with van der Waals surface area (Å²) in [6.45, 7) is 5.25. The van der Waals surface area contributed by atoms with E-state index in [-0.39, 0.29) is 18.8 Å². The minimum atomic E-state index is -2.16. The summed E-state index contributed by atoms with van der Waals surface area (Å²) in [5, 5.41) is 37.6. The molecule has 5 aliphatic carbocycles. The summed E-state index contributed by atoms with van der Waals surface area (Å²) >= 11 is 0. The zero-order valence-electron chi connectivity index (χ0n) is 21.6. The predicted octanol–water partition coefficient (Wildman–Crippen LogP) is 0.153. The van der Waals surface area contributed by atoms with Crippen LogP contribution in [0.25, 0.3) is 0 Å². The minimum Gasteiger partial charge on any atom is -0.458 e. The number of esters is 2. The van der Waals surface area contributed by atoms with Crippen LogP contribution in [0, 0.1) is 40.4 Å². The summed E-state index contributed by atoms with van der Waals surface area (Å²) in [7, 11) is 0. The first-order valence-electron chi connectivity index (χ1n) is 13.9. The van der Waals surface area contributed by atoms with Crippen LogP contribution in [0.2, 0.25) is 0 Å². The van der Waals surface area contributed by atoms with E-state index in [1.165, 1.54) is 6.08 Å². The van der Waals surface area contributed by atoms with Crippen LogP contribution in [0.3, 0.4) is 0 Å². The molecule has 204 valence electrons. The van der Waals surface area contributed by atoms with Gasteiger partial charge in [-0.15, -0.1) is 0 Å². The quantitative estimate of drug-likeness (QED) is 0.371. The molecule has 3 N–H and O–H groups in total. The standard InChI is InChI=1S/C28H32O10/c1-21-10-16-23(3)27-19(21)26(34)13(9-25(27,33)20(31)37-23)17-12(28(26,38-27)35-11-14(21)18(30)36-16)6-8-24(32)7-4-5-15(29)22(17,24)2/h4-5,12-14,16-17,19,32-34H,6-11H2,1-3H3/t12-,13-,14+,16-,17-,19-,21-,22-,23+,24-,25+,26-,27+,28+/m1/s1. The number of aliphatic hydroxyl groups is 3. The zero-order valence-corrected chi connectivity index (χ0v) is 21.6. The first kappa shape index (κ1) is 22.9. The Morgan fingerprint density at radius 2 is 1.79 bits per heavy atom. The Bertz CT molecular complexity index is 1330. The van der Waals surface area contributed by atoms with Gasteiger partial charge in [0.05, 0.1) is 23.5 Å². The fourth-order valence-electron chi connectivity index (χ4n) is 12.1. The minimum absolute atomic E-state index is 0.0499. The van der Waals surface area contributed by atoms with Crippen LogP contribution in [0.1, 0.15) is 52.9 Å². The zero-order chi connectivity index (χ0) is 26.7. The molecule has 4 heterocycles. The maximum absolute atomic E-state index is 13.7. The van der Waals surface area contributed by atoms with Gasteiger partial charge in [0.25, 0.3) is 0 Å². The fourth-order valence-corrected chi connectivity index (χ4v) is 12.1. The van der Waals surface area contributed by atoms with Gasteiger partial charge in [-0.25, -0.2) is 4.79 Å². The molecule has 4 saturated heterocycles. The van der Waals surface area contributed by atoms with E-state index in [2.05, 4.69) is 0 Å². The van der Waals surface area contributed by atoms with Gasteiger partial charge in [-0.3, -0.25) is 9.59 Å². The van der Waals surface area contributed by atoms with Gasteiger partial charge in [0.1, 0.15) is 11.7 Å². The van der Waals surface area contributed by atoms with Gasteiger partial charge in [-0.1, -0.05) is 13.0 Å². The van der Waals surface area contributed by atoms with E-state index < -0.39 is 92.3 Å². The number of ketones is 1. The van der Waals surface area contributed by atoms with Gasteiger partial charge in [0.2, 0.25) is 5.79 Å². The number of allylic oxidation sites excluding steroid dienone is 1. The molecule has 1 spiro atoms. The second kappa shape index (κ2) is 5.65. The summed E-state index contributed by atoms with van der Waals surface area (Å²) in [5.41, 5.74) is -10.7. The molecule has 0 aromatic rings. The summed E-state index contributed by atoms with van der Waals surface area (Å²) in [6.07, 6.45) is 3.46. The monoisotopic (exact) mass is 528 g/mol. The van der Waals surface area contributed by atoms with Crippen molar-refractivity contribution in [3.05, 3.63) is 12.2 Å². The van der Waals surface area contributed by atoms with Crippen LogP contribution in [-0.4, -0.2) is 79.5 Å². The van der Waals surface area contributed by atoms with Crippen LogP contribution in [-0.2, 0) is 33.3 Å². The average Bonchev–Trinajstić information content (AvgIpc) is 3.21. The van der Waals surface area contributed by atoms with Gasteiger partial charge >= 0.3 is 11.9 Å². The molecular formula is C28H32O10. The molecule has 9 rings (SSSR count). The molecule has 8 fully saturated rings. The second-order valence-electron chi connectivity index (χ2n) is 14.3. The Hall–Kier alpha value is -1.85. The maximum atomic E-state index is 13.7. The van der Waals surface area contributed by atoms with Crippen molar-refractivity contribution in [3.63, 3.8) is 0 Å². The number of rotatable bonds is 0. The van der Waals surface area contributed by atoms with E-state index in [0.29, 0.717) is 25.7 Å². The van der Waals surface area contributed by atoms with Crippen molar-refractivity contribution in [2.45, 2.75) is 92.8 Å². The third-order valence-corrected chi connectivity index (χ3v) is 13.6. The summed E-state index contributed by atoms with van der Waals surface area (Å²) < 4.78 is 25.5. The number of fused-ring (bicyclic) bond motifs is 6. The normalized spacial score (nSPS) is 67.7. The lowest BCUT2D eigenvalue weighted by atomic mass is 9.39. The molecule has 0 unspecified atom stereocenters. The Balaban J connectivity index is 1.38. The molecule has 14 atom stereocenters. The molecule has 0 aromatic heterocycles. The van der Waals surface area contributed by atoms with Crippen LogP contribution >= 0.6 is 0 Å². The highest BCUT2D eigenvalue weighted by atomic mass is 16.8. The number of carbonyl (C=O) groups is 3. The molecule has 0 aromatic carbocycles. The fraction of sp³-hybridized carbons (Fsp3) is 0.821. The van der Waals surface area contributed by atoms with E-state index in [1.807, 2.05) is 6.92 Å². The molecule has 4 aliphatic heterocycles. The molecule has 0 radical (unpaired) electrons. The predicted molar refractivity (Wildman–Crippen MR) is 123 cm³/mol. The lowest BCUT2D eigenvalue weighted by Crippen LogP contribution is -2.82. The largest absolute Gasteiger partial charge is 0.458 e. The summed E-state index contributed by atoms with van der Waals surface area (Å²) in [4.78, 5) is 40.8. The Morgan fingerprint density at radius 3 is 2.55 bits per heavy atom. The highest BCUT2D eigenvalue weighted by Crippen LogP contribution is 2.85. The van der Waals surface area contributed by atoms with Crippen molar-refractivity contribution in [1.29, 1.82) is 0 Å². The highest BCUT2D eigenvalue weighted by molar-refractivity contribution is 5.97. The maximum Gasteiger partial charge on any atom is 0.342 e. The SMILES string of the molecule is C[C@@]12C[C@H]3OC(=O)[C@@H]1CO[C@@]14O[C@]56[C@H]2[C@]1(O)[C@H](C[C@]5(O)C(=O)O[C@@]36C)[C@H]1[C@H]4CC[C@]2(O)CC=CC(=O)[C@]12C. The lowest BCUT2D eigenvalue weighted by molar-refractivity contribution is -0.376. The number of ether oxygens (including phenoxy) is 4. The van der Waals surface area contributed by atoms with Crippen molar-refractivity contribution >= 4 is 17.7 Å². The van der Waals surface area contributed by atoms with E-state index in [9.17, 15) is 29.7 Å². The van der Waals surface area contributed by atoms with Crippen molar-refractivity contribution in [3.8, 4) is 0 Å². The van der Waals surface area contributed by atoms with Gasteiger partial charge in [-0.05, 0) is 63.4 Å². The van der Waals surface area contributed by atoms with Crippen LogP contribution in [0.4, 0.5) is 0 Å². The highest BCUT2D eigenvalue weighted by Gasteiger charge is 3.01. The van der Waals surface area contributed by atoms with Gasteiger partial charge in [0.15, 0.2) is 22.6 Å². The van der Waals surface area contributed by atoms with Gasteiger partial charge in [-0.2, -0.15) is 0 Å². The summed E-state index contributed by atoms with van der Waals surface area (Å²) in [5.74, 6) is -6.90. The number of carbonyl (C=O) groups excluding carboxylic acids is 3. The summed E-state index contributed by atoms with van der Waals surface area (Å²) in [6, 6.07) is 0. The van der Waals surface area contributed by atoms with Crippen LogP contribution in [0.15, 0.2) is 12.2 Å². The van der Waals surface area contributed by atoms with Crippen molar-refractivity contribution < 1.29 is 48.7 Å². The number of hydrogen-bond donors (Lipinski definition) is 3. The van der Waals surface area contributed by atoms with E-state index >= 15 is 0 Å². The van der Waals surface area contributed by atoms with Gasteiger partial charge < -0.3 is 34.3 Å². The van der Waals surface area contributed by atoms with Crippen molar-refractivity contribution in [2.24, 2.45) is 40.4 Å². The van der Waals surface area contributed by atoms with Crippen molar-refractivity contribution in [1.82, 2.24) is 0 Å².